The highest BCUT2D eigenvalue weighted by atomic mass is 16.5. The first-order valence-corrected chi connectivity index (χ1v) is 9.26. The predicted octanol–water partition coefficient (Wildman–Crippen LogP) is 3.74. The minimum Gasteiger partial charge on any atom is -0.497 e. The number of hydrogen-bond acceptors (Lipinski definition) is 6. The van der Waals surface area contributed by atoms with E-state index < -0.39 is 5.97 Å². The van der Waals surface area contributed by atoms with Crippen molar-refractivity contribution in [1.82, 2.24) is 0 Å². The number of nitrogens with zero attached hydrogens (tertiary/aromatic N) is 1. The summed E-state index contributed by atoms with van der Waals surface area (Å²) in [5.74, 6) is 0.0425. The Morgan fingerprint density at radius 1 is 1.03 bits per heavy atom. The number of anilines is 1. The van der Waals surface area contributed by atoms with Crippen molar-refractivity contribution < 1.29 is 23.8 Å². The summed E-state index contributed by atoms with van der Waals surface area (Å²) in [6, 6.07) is 12.8. The molecule has 0 amide bonds. The molecule has 0 saturated carbocycles. The molecule has 0 aliphatic carbocycles. The van der Waals surface area contributed by atoms with Gasteiger partial charge in [0.2, 0.25) is 0 Å². The molecular weight excluding hydrogens is 370 g/mol. The van der Waals surface area contributed by atoms with Gasteiger partial charge in [0.1, 0.15) is 11.5 Å². The molecule has 152 valence electrons. The zero-order valence-electron chi connectivity index (χ0n) is 17.3. The fraction of sp³-hybridized carbons (Fsp3) is 0.304. The maximum absolute atomic E-state index is 12.5. The van der Waals surface area contributed by atoms with Gasteiger partial charge in [0.15, 0.2) is 12.4 Å². The molecule has 1 aliphatic rings. The summed E-state index contributed by atoms with van der Waals surface area (Å²) in [4.78, 5) is 26.9. The lowest BCUT2D eigenvalue weighted by molar-refractivity contribution is -0.117. The zero-order valence-corrected chi connectivity index (χ0v) is 17.3. The van der Waals surface area contributed by atoms with Crippen LogP contribution in [0.15, 0.2) is 54.2 Å². The van der Waals surface area contributed by atoms with E-state index in [0.717, 1.165) is 16.9 Å². The molecule has 0 aromatic heterocycles. The third-order valence-corrected chi connectivity index (χ3v) is 5.17. The van der Waals surface area contributed by atoms with E-state index in [1.165, 1.54) is 26.4 Å². The van der Waals surface area contributed by atoms with Crippen molar-refractivity contribution in [2.75, 3.05) is 32.8 Å². The van der Waals surface area contributed by atoms with Crippen LogP contribution in [0.4, 0.5) is 5.69 Å². The molecule has 0 saturated heterocycles. The summed E-state index contributed by atoms with van der Waals surface area (Å²) in [6.45, 7) is 3.80. The molecule has 29 heavy (non-hydrogen) atoms. The Labute approximate surface area is 170 Å². The van der Waals surface area contributed by atoms with Crippen molar-refractivity contribution in [2.24, 2.45) is 0 Å². The van der Waals surface area contributed by atoms with Crippen LogP contribution in [0.2, 0.25) is 0 Å². The van der Waals surface area contributed by atoms with Gasteiger partial charge in [-0.3, -0.25) is 4.79 Å². The largest absolute Gasteiger partial charge is 0.497 e. The number of likely N-dealkylation sites (N-methyl/N-ethyl adjacent to an activating group) is 1. The normalized spacial score (nSPS) is 15.8. The van der Waals surface area contributed by atoms with E-state index in [4.69, 9.17) is 14.2 Å². The number of methoxy groups -OCH3 is 2. The molecule has 3 rings (SSSR count). The summed E-state index contributed by atoms with van der Waals surface area (Å²) >= 11 is 0. The van der Waals surface area contributed by atoms with Gasteiger partial charge in [-0.15, -0.1) is 0 Å². The van der Waals surface area contributed by atoms with Crippen LogP contribution in [-0.2, 0) is 14.9 Å². The van der Waals surface area contributed by atoms with Gasteiger partial charge in [0.05, 0.1) is 19.8 Å². The van der Waals surface area contributed by atoms with Crippen molar-refractivity contribution in [3.8, 4) is 11.5 Å². The van der Waals surface area contributed by atoms with Gasteiger partial charge in [-0.2, -0.15) is 0 Å². The topological polar surface area (TPSA) is 65.1 Å². The first-order chi connectivity index (χ1) is 13.8. The third-order valence-electron chi connectivity index (χ3n) is 5.17. The second kappa shape index (κ2) is 7.99. The van der Waals surface area contributed by atoms with Crippen molar-refractivity contribution in [2.45, 2.75) is 19.3 Å². The summed E-state index contributed by atoms with van der Waals surface area (Å²) in [5, 5.41) is 0. The Kier molecular flexibility index (Phi) is 5.64. The molecule has 6 nitrogen and oxygen atoms in total. The number of allylic oxidation sites excluding steroid dienone is 1. The number of rotatable bonds is 6. The van der Waals surface area contributed by atoms with E-state index in [1.54, 1.807) is 12.1 Å². The number of fused-ring (bicyclic) bond motifs is 1. The Hall–Kier alpha value is -3.28. The fourth-order valence-corrected chi connectivity index (χ4v) is 3.60. The van der Waals surface area contributed by atoms with Gasteiger partial charge in [-0.05, 0) is 23.8 Å². The zero-order chi connectivity index (χ0) is 21.2. The number of para-hydroxylation sites is 1. The quantitative estimate of drug-likeness (QED) is 0.548. The summed E-state index contributed by atoms with van der Waals surface area (Å²) in [5.41, 5.74) is 3.03. The van der Waals surface area contributed by atoms with Crippen LogP contribution in [0, 0.1) is 0 Å². The average Bonchev–Trinajstić information content (AvgIpc) is 2.92. The lowest BCUT2D eigenvalue weighted by atomic mass is 9.83. The number of ether oxygens (including phenoxy) is 3. The maximum Gasteiger partial charge on any atom is 0.338 e. The summed E-state index contributed by atoms with van der Waals surface area (Å²) in [7, 11) is 4.93. The van der Waals surface area contributed by atoms with Gasteiger partial charge in [0.25, 0.3) is 0 Å². The van der Waals surface area contributed by atoms with Crippen LogP contribution >= 0.6 is 0 Å². The fourth-order valence-electron chi connectivity index (χ4n) is 3.60. The van der Waals surface area contributed by atoms with Crippen LogP contribution in [0.1, 0.15) is 29.8 Å². The monoisotopic (exact) mass is 395 g/mol. The van der Waals surface area contributed by atoms with Crippen LogP contribution < -0.4 is 14.4 Å². The Morgan fingerprint density at radius 2 is 1.66 bits per heavy atom. The molecule has 1 heterocycles. The number of benzene rings is 2. The molecule has 0 radical (unpaired) electrons. The lowest BCUT2D eigenvalue weighted by Crippen LogP contribution is -2.25. The maximum atomic E-state index is 12.5. The highest BCUT2D eigenvalue weighted by molar-refractivity contribution is 5.97. The van der Waals surface area contributed by atoms with Crippen LogP contribution in [-0.4, -0.2) is 39.6 Å². The van der Waals surface area contributed by atoms with Crippen molar-refractivity contribution in [1.29, 1.82) is 0 Å². The van der Waals surface area contributed by atoms with Crippen molar-refractivity contribution >= 4 is 17.4 Å². The summed E-state index contributed by atoms with van der Waals surface area (Å²) in [6.07, 6.45) is 1.56. The molecule has 1 aliphatic heterocycles. The number of carbonyl (C=O) groups excluding carboxylic acids is 2. The van der Waals surface area contributed by atoms with Crippen molar-refractivity contribution in [3.63, 3.8) is 0 Å². The molecule has 0 bridgehead atoms. The van der Waals surface area contributed by atoms with Crippen LogP contribution in [0.5, 0.6) is 11.5 Å². The lowest BCUT2D eigenvalue weighted by Gasteiger charge is -2.23. The second-order valence-electron chi connectivity index (χ2n) is 7.37. The van der Waals surface area contributed by atoms with E-state index in [1.807, 2.05) is 30.1 Å². The molecule has 2 aromatic rings. The number of carbonyl (C=O) groups is 2. The molecule has 6 heteroatoms. The van der Waals surface area contributed by atoms with Gasteiger partial charge < -0.3 is 19.1 Å². The summed E-state index contributed by atoms with van der Waals surface area (Å²) < 4.78 is 15.5. The SMILES string of the molecule is COc1cc(OC)cc(C(=O)OCC(=O)/C=C2/N(C)c3ccccc3C2(C)C)c1. The second-order valence-corrected chi connectivity index (χ2v) is 7.37. The smallest absolute Gasteiger partial charge is 0.338 e. The minimum absolute atomic E-state index is 0.257. The number of esters is 1. The Morgan fingerprint density at radius 3 is 2.24 bits per heavy atom. The first-order valence-electron chi connectivity index (χ1n) is 9.26. The average molecular weight is 395 g/mol. The highest BCUT2D eigenvalue weighted by Gasteiger charge is 2.38. The van der Waals surface area contributed by atoms with Gasteiger partial charge >= 0.3 is 5.97 Å². The first kappa shape index (κ1) is 20.5. The molecular formula is C23H25NO5. The van der Waals surface area contributed by atoms with E-state index in [0.29, 0.717) is 11.5 Å². The predicted molar refractivity (Wildman–Crippen MR) is 111 cm³/mol. The molecule has 0 spiro atoms. The molecule has 0 fully saturated rings. The Balaban J connectivity index is 1.73. The van der Waals surface area contributed by atoms with Crippen molar-refractivity contribution in [3.05, 3.63) is 65.4 Å². The molecule has 0 N–H and O–H groups in total. The van der Waals surface area contributed by atoms with E-state index in [-0.39, 0.29) is 23.4 Å². The molecule has 0 atom stereocenters. The molecule has 2 aromatic carbocycles. The highest BCUT2D eigenvalue weighted by Crippen LogP contribution is 2.46. The van der Waals surface area contributed by atoms with Gasteiger partial charge in [-0.1, -0.05) is 32.0 Å². The van der Waals surface area contributed by atoms with E-state index in [2.05, 4.69) is 19.9 Å². The van der Waals surface area contributed by atoms with Gasteiger partial charge in [0, 0.05) is 36.0 Å². The van der Waals surface area contributed by atoms with Crippen LogP contribution in [0.25, 0.3) is 0 Å². The van der Waals surface area contributed by atoms with Crippen LogP contribution in [0.3, 0.4) is 0 Å². The minimum atomic E-state index is -0.615. The number of ketones is 1. The standard InChI is InChI=1S/C23H25NO5/c1-23(2)19-8-6-7-9-20(19)24(3)21(23)12-16(25)14-29-22(26)15-10-17(27-4)13-18(11-15)28-5/h6-13H,14H2,1-5H3/b21-12+. The Bertz CT molecular complexity index is 955. The number of hydrogen-bond donors (Lipinski definition) is 0. The van der Waals surface area contributed by atoms with E-state index >= 15 is 0 Å². The third kappa shape index (κ3) is 3.97. The van der Waals surface area contributed by atoms with E-state index in [9.17, 15) is 9.59 Å². The van der Waals surface area contributed by atoms with Gasteiger partial charge in [-0.25, -0.2) is 4.79 Å². The molecule has 0 unspecified atom stereocenters.